The number of para-hydroxylation sites is 1. The second kappa shape index (κ2) is 6.40. The summed E-state index contributed by atoms with van der Waals surface area (Å²) in [5.41, 5.74) is 1.93. The smallest absolute Gasteiger partial charge is 0.163 e. The lowest BCUT2D eigenvalue weighted by Gasteiger charge is -2.18. The molecule has 0 atom stereocenters. The van der Waals surface area contributed by atoms with Gasteiger partial charge in [-0.2, -0.15) is 5.10 Å². The van der Waals surface area contributed by atoms with Crippen LogP contribution in [0.25, 0.3) is 21.3 Å². The quantitative estimate of drug-likeness (QED) is 0.550. The molecule has 0 aliphatic rings. The highest BCUT2D eigenvalue weighted by Crippen LogP contribution is 2.27. The summed E-state index contributed by atoms with van der Waals surface area (Å²) in [5, 5.41) is 6.41. The van der Waals surface area contributed by atoms with Crippen LogP contribution in [0.3, 0.4) is 0 Å². The van der Waals surface area contributed by atoms with Gasteiger partial charge in [0.1, 0.15) is 16.6 Å². The molecular weight excluding hydrogens is 332 g/mol. The molecule has 1 aromatic carbocycles. The first-order chi connectivity index (χ1) is 12.2. The molecule has 4 rings (SSSR count). The molecule has 25 heavy (non-hydrogen) atoms. The predicted molar refractivity (Wildman–Crippen MR) is 102 cm³/mol. The molecule has 7 heteroatoms. The summed E-state index contributed by atoms with van der Waals surface area (Å²) in [4.78, 5) is 16.3. The van der Waals surface area contributed by atoms with E-state index in [0.717, 1.165) is 46.0 Å². The third kappa shape index (κ3) is 2.95. The monoisotopic (exact) mass is 352 g/mol. The third-order valence-corrected chi connectivity index (χ3v) is 5.19. The van der Waals surface area contributed by atoms with E-state index in [4.69, 9.17) is 9.97 Å². The second-order valence-corrected chi connectivity index (χ2v) is 7.27. The molecule has 0 saturated carbocycles. The molecule has 0 saturated heterocycles. The molecule has 6 nitrogen and oxygen atoms in total. The topological polar surface area (TPSA) is 59.7 Å². The maximum absolute atomic E-state index is 4.79. The zero-order chi connectivity index (χ0) is 17.4. The first kappa shape index (κ1) is 16.0. The van der Waals surface area contributed by atoms with Gasteiger partial charge >= 0.3 is 0 Å². The minimum atomic E-state index is 0.714. The Morgan fingerprint density at radius 2 is 2.00 bits per heavy atom. The Morgan fingerprint density at radius 1 is 1.16 bits per heavy atom. The van der Waals surface area contributed by atoms with E-state index in [0.29, 0.717) is 6.54 Å². The van der Waals surface area contributed by atoms with Gasteiger partial charge in [-0.25, -0.2) is 15.0 Å². The zero-order valence-corrected chi connectivity index (χ0v) is 15.4. The van der Waals surface area contributed by atoms with Crippen LogP contribution in [-0.2, 0) is 20.0 Å². The third-order valence-electron chi connectivity index (χ3n) is 4.16. The molecule has 0 aliphatic heterocycles. The van der Waals surface area contributed by atoms with Crippen LogP contribution < -0.4 is 4.90 Å². The van der Waals surface area contributed by atoms with Crippen LogP contribution in [-0.4, -0.2) is 31.8 Å². The van der Waals surface area contributed by atoms with E-state index in [9.17, 15) is 0 Å². The predicted octanol–water partition coefficient (Wildman–Crippen LogP) is 3.56. The van der Waals surface area contributed by atoms with Crippen molar-refractivity contribution in [3.8, 4) is 0 Å². The summed E-state index contributed by atoms with van der Waals surface area (Å²) in [6.45, 7) is 2.85. The fraction of sp³-hybridized carbons (Fsp3) is 0.333. The van der Waals surface area contributed by atoms with Gasteiger partial charge in [-0.15, -0.1) is 11.3 Å². The van der Waals surface area contributed by atoms with Crippen molar-refractivity contribution in [3.63, 3.8) is 0 Å². The van der Waals surface area contributed by atoms with Crippen LogP contribution in [0.15, 0.2) is 30.5 Å². The van der Waals surface area contributed by atoms with Crippen molar-refractivity contribution in [2.75, 3.05) is 11.9 Å². The Balaban J connectivity index is 1.72. The van der Waals surface area contributed by atoms with E-state index >= 15 is 0 Å². The summed E-state index contributed by atoms with van der Waals surface area (Å²) >= 11 is 1.73. The number of hydrogen-bond donors (Lipinski definition) is 0. The Labute approximate surface area is 150 Å². The zero-order valence-electron chi connectivity index (χ0n) is 14.6. The largest absolute Gasteiger partial charge is 0.352 e. The fourth-order valence-corrected chi connectivity index (χ4v) is 3.96. The van der Waals surface area contributed by atoms with Crippen LogP contribution in [0.2, 0.25) is 0 Å². The molecule has 0 radical (unpaired) electrons. The minimum absolute atomic E-state index is 0.714. The maximum atomic E-state index is 4.79. The van der Waals surface area contributed by atoms with Gasteiger partial charge in [0.05, 0.1) is 28.3 Å². The van der Waals surface area contributed by atoms with Crippen LogP contribution in [0.5, 0.6) is 0 Å². The molecular formula is C18H20N6S. The lowest BCUT2D eigenvalue weighted by molar-refractivity contribution is 0.769. The lowest BCUT2D eigenvalue weighted by atomic mass is 10.3. The molecule has 0 fully saturated rings. The van der Waals surface area contributed by atoms with Crippen molar-refractivity contribution >= 4 is 38.4 Å². The summed E-state index contributed by atoms with van der Waals surface area (Å²) in [7, 11) is 3.97. The molecule has 0 amide bonds. The molecule has 0 unspecified atom stereocenters. The fourth-order valence-electron chi connectivity index (χ4n) is 2.94. The Hall–Kier alpha value is -2.54. The average Bonchev–Trinajstić information content (AvgIpc) is 3.18. The summed E-state index contributed by atoms with van der Waals surface area (Å²) in [6, 6.07) is 8.24. The van der Waals surface area contributed by atoms with Gasteiger partial charge in [0.15, 0.2) is 5.65 Å². The highest BCUT2D eigenvalue weighted by Gasteiger charge is 2.16. The molecule has 4 aromatic rings. The molecule has 0 spiro atoms. The van der Waals surface area contributed by atoms with Crippen molar-refractivity contribution < 1.29 is 0 Å². The first-order valence-electron chi connectivity index (χ1n) is 8.40. The van der Waals surface area contributed by atoms with E-state index in [2.05, 4.69) is 47.2 Å². The van der Waals surface area contributed by atoms with Gasteiger partial charge < -0.3 is 4.90 Å². The van der Waals surface area contributed by atoms with E-state index in [1.54, 1.807) is 11.3 Å². The minimum Gasteiger partial charge on any atom is -0.352 e. The second-order valence-electron chi connectivity index (χ2n) is 6.15. The van der Waals surface area contributed by atoms with Crippen LogP contribution in [0.1, 0.15) is 24.2 Å². The number of aromatic nitrogens is 5. The normalized spacial score (nSPS) is 11.5. The van der Waals surface area contributed by atoms with Gasteiger partial charge in [0, 0.05) is 20.5 Å². The number of hydrogen-bond acceptors (Lipinski definition) is 6. The van der Waals surface area contributed by atoms with Crippen molar-refractivity contribution in [2.45, 2.75) is 26.3 Å². The standard InChI is InChI=1S/C18H20N6S/c1-4-7-15-21-17(12-10-19-24(3)18(12)22-15)23(2)11-16-20-13-8-5-6-9-14(13)25-16/h5-6,8-10H,4,7,11H2,1-3H3. The number of fused-ring (bicyclic) bond motifs is 2. The average molecular weight is 352 g/mol. The van der Waals surface area contributed by atoms with Gasteiger partial charge in [0.2, 0.25) is 0 Å². The number of thiazole rings is 1. The number of rotatable bonds is 5. The molecule has 0 bridgehead atoms. The molecule has 128 valence electrons. The summed E-state index contributed by atoms with van der Waals surface area (Å²) in [5.74, 6) is 1.78. The maximum Gasteiger partial charge on any atom is 0.163 e. The summed E-state index contributed by atoms with van der Waals surface area (Å²) < 4.78 is 3.03. The summed E-state index contributed by atoms with van der Waals surface area (Å²) in [6.07, 6.45) is 3.72. The van der Waals surface area contributed by atoms with E-state index in [1.807, 2.05) is 24.0 Å². The van der Waals surface area contributed by atoms with Gasteiger partial charge in [-0.1, -0.05) is 19.1 Å². The number of anilines is 1. The number of aryl methyl sites for hydroxylation is 2. The Bertz CT molecular complexity index is 1000. The first-order valence-corrected chi connectivity index (χ1v) is 9.21. The van der Waals surface area contributed by atoms with E-state index < -0.39 is 0 Å². The van der Waals surface area contributed by atoms with Gasteiger partial charge in [0.25, 0.3) is 0 Å². The van der Waals surface area contributed by atoms with Crippen LogP contribution >= 0.6 is 11.3 Å². The molecule has 0 N–H and O–H groups in total. The van der Waals surface area contributed by atoms with Crippen molar-refractivity contribution in [3.05, 3.63) is 41.3 Å². The molecule has 0 aliphatic carbocycles. The van der Waals surface area contributed by atoms with Gasteiger partial charge in [-0.3, -0.25) is 4.68 Å². The van der Waals surface area contributed by atoms with Crippen molar-refractivity contribution in [1.29, 1.82) is 0 Å². The van der Waals surface area contributed by atoms with E-state index in [-0.39, 0.29) is 0 Å². The van der Waals surface area contributed by atoms with Crippen LogP contribution in [0, 0.1) is 0 Å². The Kier molecular flexibility index (Phi) is 4.09. The van der Waals surface area contributed by atoms with E-state index in [1.165, 1.54) is 4.70 Å². The van der Waals surface area contributed by atoms with Crippen molar-refractivity contribution in [2.24, 2.45) is 7.05 Å². The SMILES string of the molecule is CCCc1nc(N(C)Cc2nc3ccccc3s2)c2cnn(C)c2n1. The van der Waals surface area contributed by atoms with Crippen LogP contribution in [0.4, 0.5) is 5.82 Å². The molecule has 3 aromatic heterocycles. The number of benzene rings is 1. The number of nitrogens with zero attached hydrogens (tertiary/aromatic N) is 6. The highest BCUT2D eigenvalue weighted by molar-refractivity contribution is 7.18. The Morgan fingerprint density at radius 3 is 2.80 bits per heavy atom. The van der Waals surface area contributed by atoms with Gasteiger partial charge in [-0.05, 0) is 18.6 Å². The lowest BCUT2D eigenvalue weighted by Crippen LogP contribution is -2.19. The van der Waals surface area contributed by atoms with Crippen molar-refractivity contribution in [1.82, 2.24) is 24.7 Å². The molecule has 3 heterocycles. The highest BCUT2D eigenvalue weighted by atomic mass is 32.1.